The second-order valence-electron chi connectivity index (χ2n) is 11.2. The maximum atomic E-state index is 4.98. The van der Waals surface area contributed by atoms with Crippen molar-refractivity contribution in [3.05, 3.63) is 152 Å². The number of aromatic nitrogens is 3. The summed E-state index contributed by atoms with van der Waals surface area (Å²) in [6.45, 7) is 0. The van der Waals surface area contributed by atoms with E-state index in [1.165, 1.54) is 47.3 Å². The molecule has 9 rings (SSSR count). The molecule has 45 heavy (non-hydrogen) atoms. The number of thiophene rings is 1. The second-order valence-corrected chi connectivity index (χ2v) is 12.3. The third kappa shape index (κ3) is 4.38. The van der Waals surface area contributed by atoms with Gasteiger partial charge in [0.1, 0.15) is 0 Å². The Hall–Kier alpha value is -5.71. The first-order valence-electron chi connectivity index (χ1n) is 15.0. The summed E-state index contributed by atoms with van der Waals surface area (Å²) in [4.78, 5) is 14.8. The summed E-state index contributed by atoms with van der Waals surface area (Å²) in [5.41, 5.74) is 5.23. The van der Waals surface area contributed by atoms with E-state index in [2.05, 4.69) is 91.0 Å². The van der Waals surface area contributed by atoms with Gasteiger partial charge >= 0.3 is 0 Å². The highest BCUT2D eigenvalue weighted by Crippen LogP contribution is 2.44. The molecule has 2 heterocycles. The summed E-state index contributed by atoms with van der Waals surface area (Å²) < 4.78 is 2.62. The molecule has 0 N–H and O–H groups in total. The number of nitrogens with zero attached hydrogens (tertiary/aromatic N) is 3. The van der Waals surface area contributed by atoms with Gasteiger partial charge in [-0.3, -0.25) is 0 Å². The van der Waals surface area contributed by atoms with Gasteiger partial charge in [-0.05, 0) is 39.4 Å². The molecule has 4 heteroatoms. The van der Waals surface area contributed by atoms with Gasteiger partial charge in [0, 0.05) is 42.2 Å². The molecular weight excluding hydrogens is 567 g/mol. The Labute approximate surface area is 264 Å². The van der Waals surface area contributed by atoms with Crippen LogP contribution in [-0.4, -0.2) is 15.0 Å². The average molecular weight is 592 g/mol. The van der Waals surface area contributed by atoms with Gasteiger partial charge < -0.3 is 0 Å². The Morgan fingerprint density at radius 2 is 0.956 bits per heavy atom. The van der Waals surface area contributed by atoms with Crippen LogP contribution in [0.4, 0.5) is 0 Å². The fourth-order valence-electron chi connectivity index (χ4n) is 6.38. The molecule has 0 fully saturated rings. The zero-order chi connectivity index (χ0) is 29.7. The normalized spacial score (nSPS) is 11.6. The van der Waals surface area contributed by atoms with E-state index < -0.39 is 0 Å². The maximum Gasteiger partial charge on any atom is 0.164 e. The number of hydrogen-bond acceptors (Lipinski definition) is 4. The van der Waals surface area contributed by atoms with Crippen molar-refractivity contribution in [1.29, 1.82) is 0 Å². The first-order valence-corrected chi connectivity index (χ1v) is 15.9. The van der Waals surface area contributed by atoms with Crippen LogP contribution in [-0.2, 0) is 0 Å². The van der Waals surface area contributed by atoms with Crippen LogP contribution in [0, 0.1) is 0 Å². The molecule has 0 unspecified atom stereocenters. The van der Waals surface area contributed by atoms with Crippen molar-refractivity contribution >= 4 is 53.1 Å². The van der Waals surface area contributed by atoms with E-state index in [0.29, 0.717) is 17.5 Å². The van der Waals surface area contributed by atoms with E-state index >= 15 is 0 Å². The highest BCUT2D eigenvalue weighted by molar-refractivity contribution is 7.27. The highest BCUT2D eigenvalue weighted by Gasteiger charge is 2.16. The summed E-state index contributed by atoms with van der Waals surface area (Å²) in [6, 6.07) is 53.2. The lowest BCUT2D eigenvalue weighted by Gasteiger charge is -2.10. The summed E-state index contributed by atoms with van der Waals surface area (Å²) in [6.07, 6.45) is 0. The Morgan fingerprint density at radius 3 is 1.71 bits per heavy atom. The zero-order valence-corrected chi connectivity index (χ0v) is 25.0. The average Bonchev–Trinajstić information content (AvgIpc) is 3.51. The molecule has 0 bridgehead atoms. The molecule has 0 atom stereocenters. The lowest BCUT2D eigenvalue weighted by Crippen LogP contribution is -2.00. The van der Waals surface area contributed by atoms with Crippen LogP contribution in [0.3, 0.4) is 0 Å². The molecule has 3 nitrogen and oxygen atoms in total. The van der Waals surface area contributed by atoms with E-state index in [-0.39, 0.29) is 0 Å². The Kier molecular flexibility index (Phi) is 6.00. The monoisotopic (exact) mass is 591 g/mol. The zero-order valence-electron chi connectivity index (χ0n) is 24.2. The van der Waals surface area contributed by atoms with Crippen molar-refractivity contribution in [3.63, 3.8) is 0 Å². The van der Waals surface area contributed by atoms with E-state index in [9.17, 15) is 0 Å². The minimum absolute atomic E-state index is 0.657. The lowest BCUT2D eigenvalue weighted by atomic mass is 9.95. The first kappa shape index (κ1) is 25.8. The molecule has 9 aromatic rings. The summed E-state index contributed by atoms with van der Waals surface area (Å²) in [5.74, 6) is 1.98. The van der Waals surface area contributed by atoms with Crippen LogP contribution >= 0.6 is 11.3 Å². The standard InChI is InChI=1S/C41H25N3S/c1-3-12-28(13-4-1)39-42-40(29-14-5-2-6-15-29)44-41(43-39)31-17-9-16-30(25-31)33-19-10-20-35-37(33)34-24-23-27-22-21-26-11-7-8-18-32(26)36(27)38(34)45-35/h1-25H. The van der Waals surface area contributed by atoms with E-state index in [4.69, 9.17) is 15.0 Å². The molecule has 0 amide bonds. The van der Waals surface area contributed by atoms with Crippen molar-refractivity contribution in [1.82, 2.24) is 15.0 Å². The number of hydrogen-bond donors (Lipinski definition) is 0. The van der Waals surface area contributed by atoms with Crippen LogP contribution in [0.25, 0.3) is 87.0 Å². The molecule has 0 aliphatic carbocycles. The third-order valence-electron chi connectivity index (χ3n) is 8.50. The molecule has 0 radical (unpaired) electrons. The molecular formula is C41H25N3S. The highest BCUT2D eigenvalue weighted by atomic mass is 32.1. The quantitative estimate of drug-likeness (QED) is 0.191. The SMILES string of the molecule is c1ccc(-c2nc(-c3ccccc3)nc(-c3cccc(-c4cccc5sc6c(ccc7ccc8ccccc8c76)c45)c3)n2)cc1. The summed E-state index contributed by atoms with van der Waals surface area (Å²) in [7, 11) is 0. The van der Waals surface area contributed by atoms with Gasteiger partial charge in [-0.1, -0.05) is 140 Å². The molecule has 0 spiro atoms. The number of fused-ring (bicyclic) bond motifs is 7. The predicted octanol–water partition coefficient (Wildman–Crippen LogP) is 11.2. The molecule has 0 aliphatic heterocycles. The molecule has 2 aromatic heterocycles. The van der Waals surface area contributed by atoms with Crippen LogP contribution in [0.1, 0.15) is 0 Å². The van der Waals surface area contributed by atoms with Crippen molar-refractivity contribution in [3.8, 4) is 45.3 Å². The third-order valence-corrected chi connectivity index (χ3v) is 9.69. The van der Waals surface area contributed by atoms with Gasteiger partial charge in [0.2, 0.25) is 0 Å². The van der Waals surface area contributed by atoms with Crippen LogP contribution in [0.2, 0.25) is 0 Å². The topological polar surface area (TPSA) is 38.7 Å². The van der Waals surface area contributed by atoms with Crippen molar-refractivity contribution in [2.75, 3.05) is 0 Å². The lowest BCUT2D eigenvalue weighted by molar-refractivity contribution is 1.07. The molecule has 0 saturated carbocycles. The van der Waals surface area contributed by atoms with Crippen molar-refractivity contribution in [2.24, 2.45) is 0 Å². The van der Waals surface area contributed by atoms with E-state index in [0.717, 1.165) is 22.3 Å². The maximum absolute atomic E-state index is 4.98. The summed E-state index contributed by atoms with van der Waals surface area (Å²) in [5, 5.41) is 7.75. The number of benzene rings is 7. The van der Waals surface area contributed by atoms with Crippen LogP contribution < -0.4 is 0 Å². The van der Waals surface area contributed by atoms with Gasteiger partial charge in [-0.25, -0.2) is 15.0 Å². The molecule has 7 aromatic carbocycles. The van der Waals surface area contributed by atoms with Crippen LogP contribution in [0.15, 0.2) is 152 Å². The van der Waals surface area contributed by atoms with Gasteiger partial charge in [0.05, 0.1) is 0 Å². The fraction of sp³-hybridized carbons (Fsp3) is 0. The first-order chi connectivity index (χ1) is 22.3. The van der Waals surface area contributed by atoms with E-state index in [1.54, 1.807) is 0 Å². The number of rotatable bonds is 4. The van der Waals surface area contributed by atoms with Gasteiger partial charge in [0.25, 0.3) is 0 Å². The minimum atomic E-state index is 0.657. The molecule has 0 saturated heterocycles. The van der Waals surface area contributed by atoms with Gasteiger partial charge in [-0.15, -0.1) is 11.3 Å². The van der Waals surface area contributed by atoms with Gasteiger partial charge in [-0.2, -0.15) is 0 Å². The minimum Gasteiger partial charge on any atom is -0.208 e. The van der Waals surface area contributed by atoms with E-state index in [1.807, 2.05) is 72.0 Å². The Balaban J connectivity index is 1.24. The van der Waals surface area contributed by atoms with Crippen molar-refractivity contribution < 1.29 is 0 Å². The second kappa shape index (κ2) is 10.5. The Morgan fingerprint density at radius 1 is 0.378 bits per heavy atom. The fourth-order valence-corrected chi connectivity index (χ4v) is 7.67. The Bertz CT molecular complexity index is 2480. The smallest absolute Gasteiger partial charge is 0.164 e. The van der Waals surface area contributed by atoms with Crippen LogP contribution in [0.5, 0.6) is 0 Å². The van der Waals surface area contributed by atoms with Gasteiger partial charge in [0.15, 0.2) is 17.5 Å². The predicted molar refractivity (Wildman–Crippen MR) is 189 cm³/mol. The van der Waals surface area contributed by atoms with Crippen molar-refractivity contribution in [2.45, 2.75) is 0 Å². The molecule has 210 valence electrons. The molecule has 0 aliphatic rings. The summed E-state index contributed by atoms with van der Waals surface area (Å²) >= 11 is 1.88. The largest absolute Gasteiger partial charge is 0.208 e.